The quantitative estimate of drug-likeness (QED) is 0.674. The Kier molecular flexibility index (Phi) is 3.73. The van der Waals surface area contributed by atoms with Gasteiger partial charge in [0.25, 0.3) is 0 Å². The predicted molar refractivity (Wildman–Crippen MR) is 55.2 cm³/mol. The van der Waals surface area contributed by atoms with Gasteiger partial charge in [0, 0.05) is 5.69 Å². The first-order valence-corrected chi connectivity index (χ1v) is 4.43. The van der Waals surface area contributed by atoms with E-state index in [1.54, 1.807) is 13.0 Å². The predicted octanol–water partition coefficient (Wildman–Crippen LogP) is -0.210. The molecule has 0 bridgehead atoms. The van der Waals surface area contributed by atoms with E-state index in [1.165, 1.54) is 0 Å². The summed E-state index contributed by atoms with van der Waals surface area (Å²) in [7, 11) is 0. The van der Waals surface area contributed by atoms with Crippen LogP contribution in [-0.4, -0.2) is 33.3 Å². The Morgan fingerprint density at radius 2 is 2.36 bits per heavy atom. The number of nitrogens with two attached hydrogens (primary N) is 1. The van der Waals surface area contributed by atoms with E-state index in [9.17, 15) is 0 Å². The summed E-state index contributed by atoms with van der Waals surface area (Å²) in [5, 5.41) is 8.54. The van der Waals surface area contributed by atoms with Crippen molar-refractivity contribution in [2.24, 2.45) is 5.73 Å². The number of rotatable bonds is 4. The molecule has 0 radical (unpaired) electrons. The molecule has 0 spiro atoms. The van der Waals surface area contributed by atoms with Crippen molar-refractivity contribution in [3.05, 3.63) is 17.5 Å². The van der Waals surface area contributed by atoms with Crippen molar-refractivity contribution in [3.8, 4) is 6.01 Å². The molecule has 76 valence electrons. The van der Waals surface area contributed by atoms with Crippen molar-refractivity contribution < 1.29 is 9.84 Å². The maximum Gasteiger partial charge on any atom is 0.317 e. The van der Waals surface area contributed by atoms with Crippen molar-refractivity contribution in [1.82, 2.24) is 9.97 Å². The molecule has 0 aliphatic carbocycles. The number of nitrogens with zero attached hydrogens (tertiary/aromatic N) is 2. The molecule has 1 heterocycles. The molecule has 1 aromatic rings. The molecule has 0 fully saturated rings. The molecule has 5 nitrogen and oxygen atoms in total. The molecule has 0 atom stereocenters. The van der Waals surface area contributed by atoms with Gasteiger partial charge in [-0.1, -0.05) is 12.2 Å². The molecule has 0 unspecified atom stereocenters. The monoisotopic (exact) mass is 213 g/mol. The van der Waals surface area contributed by atoms with Crippen molar-refractivity contribution in [1.29, 1.82) is 0 Å². The van der Waals surface area contributed by atoms with Crippen LogP contribution in [0.4, 0.5) is 0 Å². The summed E-state index contributed by atoms with van der Waals surface area (Å²) in [5.74, 6) is 0. The zero-order chi connectivity index (χ0) is 10.6. The van der Waals surface area contributed by atoms with Gasteiger partial charge in [-0.3, -0.25) is 0 Å². The van der Waals surface area contributed by atoms with Gasteiger partial charge in [-0.2, -0.15) is 4.98 Å². The highest BCUT2D eigenvalue weighted by Crippen LogP contribution is 2.06. The van der Waals surface area contributed by atoms with Gasteiger partial charge in [0.2, 0.25) is 0 Å². The molecule has 0 saturated heterocycles. The molecule has 0 aliphatic rings. The molecule has 6 heteroatoms. The summed E-state index contributed by atoms with van der Waals surface area (Å²) in [6.45, 7) is 1.86. The van der Waals surface area contributed by atoms with Crippen molar-refractivity contribution >= 4 is 17.2 Å². The standard InChI is InChI=1S/C8H11N3O2S/c1-5-4-6(7(9)14)11-8(10-5)13-3-2-12/h4,12H,2-3H2,1H3,(H2,9,14). The Morgan fingerprint density at radius 3 is 2.93 bits per heavy atom. The highest BCUT2D eigenvalue weighted by molar-refractivity contribution is 7.80. The third-order valence-electron chi connectivity index (χ3n) is 1.41. The summed E-state index contributed by atoms with van der Waals surface area (Å²) in [4.78, 5) is 8.15. The van der Waals surface area contributed by atoms with Gasteiger partial charge in [-0.15, -0.1) is 0 Å². The van der Waals surface area contributed by atoms with Crippen LogP contribution in [0, 0.1) is 6.92 Å². The Labute approximate surface area is 86.9 Å². The van der Waals surface area contributed by atoms with Crippen molar-refractivity contribution in [3.63, 3.8) is 0 Å². The van der Waals surface area contributed by atoms with E-state index in [1.807, 2.05) is 0 Å². The van der Waals surface area contributed by atoms with Crippen LogP contribution >= 0.6 is 12.2 Å². The van der Waals surface area contributed by atoms with Gasteiger partial charge in [-0.05, 0) is 13.0 Å². The second-order valence-corrected chi connectivity index (χ2v) is 3.05. The van der Waals surface area contributed by atoms with E-state index in [0.29, 0.717) is 5.69 Å². The Balaban J connectivity index is 2.89. The first-order chi connectivity index (χ1) is 6.63. The van der Waals surface area contributed by atoms with E-state index in [2.05, 4.69) is 9.97 Å². The second kappa shape index (κ2) is 4.83. The summed E-state index contributed by atoms with van der Waals surface area (Å²) >= 11 is 4.78. The van der Waals surface area contributed by atoms with E-state index < -0.39 is 0 Å². The maximum atomic E-state index is 8.54. The van der Waals surface area contributed by atoms with Gasteiger partial charge >= 0.3 is 6.01 Å². The van der Waals surface area contributed by atoms with Crippen LogP contribution in [0.3, 0.4) is 0 Å². The van der Waals surface area contributed by atoms with Crippen LogP contribution in [0.1, 0.15) is 11.4 Å². The fourth-order valence-corrected chi connectivity index (χ4v) is 0.974. The molecular weight excluding hydrogens is 202 g/mol. The first-order valence-electron chi connectivity index (χ1n) is 4.02. The highest BCUT2D eigenvalue weighted by Gasteiger charge is 2.04. The molecule has 1 rings (SSSR count). The topological polar surface area (TPSA) is 81.3 Å². The van der Waals surface area contributed by atoms with Crippen LogP contribution in [0.2, 0.25) is 0 Å². The third kappa shape index (κ3) is 2.90. The number of aliphatic hydroxyl groups is 1. The van der Waals surface area contributed by atoms with Crippen LogP contribution in [0.5, 0.6) is 6.01 Å². The van der Waals surface area contributed by atoms with Crippen molar-refractivity contribution in [2.45, 2.75) is 6.92 Å². The number of aliphatic hydroxyl groups excluding tert-OH is 1. The molecule has 3 N–H and O–H groups in total. The molecule has 0 amide bonds. The Hall–Kier alpha value is -1.27. The van der Waals surface area contributed by atoms with E-state index >= 15 is 0 Å². The summed E-state index contributed by atoms with van der Waals surface area (Å²) in [6, 6.07) is 1.86. The zero-order valence-corrected chi connectivity index (χ0v) is 8.54. The van der Waals surface area contributed by atoms with E-state index in [4.69, 9.17) is 27.8 Å². The Bertz CT molecular complexity index is 343. The lowest BCUT2D eigenvalue weighted by atomic mass is 10.3. The summed E-state index contributed by atoms with van der Waals surface area (Å²) in [5.41, 5.74) is 6.61. The SMILES string of the molecule is Cc1cc(C(N)=S)nc(OCCO)n1. The van der Waals surface area contributed by atoms with E-state index in [-0.39, 0.29) is 24.2 Å². The smallest absolute Gasteiger partial charge is 0.317 e. The van der Waals surface area contributed by atoms with Gasteiger partial charge in [0.15, 0.2) is 0 Å². The fourth-order valence-electron chi connectivity index (χ4n) is 0.869. The Morgan fingerprint density at radius 1 is 1.64 bits per heavy atom. The number of aromatic nitrogens is 2. The number of aryl methyl sites for hydroxylation is 1. The number of hydrogen-bond acceptors (Lipinski definition) is 5. The average Bonchev–Trinajstić information content (AvgIpc) is 2.14. The largest absolute Gasteiger partial charge is 0.461 e. The molecular formula is C8H11N3O2S. The second-order valence-electron chi connectivity index (χ2n) is 2.61. The number of thiocarbonyl (C=S) groups is 1. The highest BCUT2D eigenvalue weighted by atomic mass is 32.1. The minimum absolute atomic E-state index is 0.0836. The van der Waals surface area contributed by atoms with Gasteiger partial charge in [-0.25, -0.2) is 4.98 Å². The minimum atomic E-state index is -0.0836. The van der Waals surface area contributed by atoms with E-state index in [0.717, 1.165) is 5.69 Å². The first kappa shape index (κ1) is 10.8. The lowest BCUT2D eigenvalue weighted by molar-refractivity contribution is 0.191. The lowest BCUT2D eigenvalue weighted by Crippen LogP contribution is -2.14. The zero-order valence-electron chi connectivity index (χ0n) is 7.73. The minimum Gasteiger partial charge on any atom is -0.461 e. The van der Waals surface area contributed by atoms with Gasteiger partial charge < -0.3 is 15.6 Å². The molecule has 0 aromatic carbocycles. The van der Waals surface area contributed by atoms with Crippen LogP contribution in [0.25, 0.3) is 0 Å². The van der Waals surface area contributed by atoms with Gasteiger partial charge in [0.1, 0.15) is 17.3 Å². The molecule has 0 aliphatic heterocycles. The normalized spacial score (nSPS) is 9.86. The van der Waals surface area contributed by atoms with Crippen LogP contribution in [0.15, 0.2) is 6.07 Å². The molecule has 14 heavy (non-hydrogen) atoms. The fraction of sp³-hybridized carbons (Fsp3) is 0.375. The van der Waals surface area contributed by atoms with Crippen molar-refractivity contribution in [2.75, 3.05) is 13.2 Å². The van der Waals surface area contributed by atoms with Gasteiger partial charge in [0.05, 0.1) is 6.61 Å². The lowest BCUT2D eigenvalue weighted by Gasteiger charge is -2.04. The molecule has 0 saturated carbocycles. The average molecular weight is 213 g/mol. The summed E-state index contributed by atoms with van der Waals surface area (Å²) in [6.07, 6.45) is 0. The third-order valence-corrected chi connectivity index (χ3v) is 1.62. The summed E-state index contributed by atoms with van der Waals surface area (Å²) < 4.78 is 5.04. The molecule has 1 aromatic heterocycles. The van der Waals surface area contributed by atoms with Crippen LogP contribution in [-0.2, 0) is 0 Å². The number of ether oxygens (including phenoxy) is 1. The van der Waals surface area contributed by atoms with Crippen LogP contribution < -0.4 is 10.5 Å². The number of hydrogen-bond donors (Lipinski definition) is 2. The maximum absolute atomic E-state index is 8.54.